The maximum atomic E-state index is 11.3. The zero-order valence-electron chi connectivity index (χ0n) is 8.87. The van der Waals surface area contributed by atoms with E-state index in [-0.39, 0.29) is 12.3 Å². The lowest BCUT2D eigenvalue weighted by molar-refractivity contribution is 0.0617. The second-order valence-electron chi connectivity index (χ2n) is 3.47. The Morgan fingerprint density at radius 1 is 1.00 bits per heavy atom. The molecule has 0 fully saturated rings. The second kappa shape index (κ2) is 5.28. The molecule has 0 aliphatic heterocycles. The second-order valence-corrected chi connectivity index (χ2v) is 3.47. The fourth-order valence-corrected chi connectivity index (χ4v) is 1.40. The minimum absolute atomic E-state index is 0.0458. The minimum Gasteiger partial charge on any atom is -0.356 e. The lowest BCUT2D eigenvalue weighted by Gasteiger charge is -2.06. The van der Waals surface area contributed by atoms with Gasteiger partial charge in [-0.2, -0.15) is 0 Å². The van der Waals surface area contributed by atoms with Crippen LogP contribution in [0.5, 0.6) is 0 Å². The van der Waals surface area contributed by atoms with Gasteiger partial charge in [0.1, 0.15) is 6.73 Å². The molecule has 0 saturated heterocycles. The third-order valence-corrected chi connectivity index (χ3v) is 2.24. The van der Waals surface area contributed by atoms with Gasteiger partial charge in [-0.3, -0.25) is 9.36 Å². The minimum atomic E-state index is -0.0458. The summed E-state index contributed by atoms with van der Waals surface area (Å²) >= 11 is 0. The summed E-state index contributed by atoms with van der Waals surface area (Å²) in [5.41, 5.74) is 1.06. The average Bonchev–Trinajstić information content (AvgIpc) is 2.33. The van der Waals surface area contributed by atoms with E-state index in [9.17, 15) is 4.79 Å². The molecule has 1 aromatic heterocycles. The van der Waals surface area contributed by atoms with Crippen molar-refractivity contribution in [3.05, 3.63) is 70.6 Å². The quantitative estimate of drug-likeness (QED) is 0.781. The highest BCUT2D eigenvalue weighted by Crippen LogP contribution is 2.00. The molecule has 3 nitrogen and oxygen atoms in total. The topological polar surface area (TPSA) is 31.2 Å². The van der Waals surface area contributed by atoms with Gasteiger partial charge in [0.2, 0.25) is 0 Å². The zero-order valence-corrected chi connectivity index (χ0v) is 8.87. The summed E-state index contributed by atoms with van der Waals surface area (Å²) in [5, 5.41) is 0. The molecule has 82 valence electrons. The summed E-state index contributed by atoms with van der Waals surface area (Å²) < 4.78 is 6.98. The van der Waals surface area contributed by atoms with Gasteiger partial charge in [0.05, 0.1) is 6.61 Å². The smallest absolute Gasteiger partial charge is 0.252 e. The van der Waals surface area contributed by atoms with Crippen molar-refractivity contribution in [3.63, 3.8) is 0 Å². The highest BCUT2D eigenvalue weighted by Gasteiger charge is 1.94. The highest BCUT2D eigenvalue weighted by molar-refractivity contribution is 5.13. The molecule has 1 heterocycles. The van der Waals surface area contributed by atoms with Crippen molar-refractivity contribution < 1.29 is 4.74 Å². The molecular formula is C13H13NO2. The van der Waals surface area contributed by atoms with Gasteiger partial charge < -0.3 is 4.74 Å². The van der Waals surface area contributed by atoms with Crippen LogP contribution in [0.15, 0.2) is 59.5 Å². The molecule has 0 unspecified atom stereocenters. The van der Waals surface area contributed by atoms with Gasteiger partial charge >= 0.3 is 0 Å². The van der Waals surface area contributed by atoms with Crippen molar-refractivity contribution in [1.29, 1.82) is 0 Å². The molecule has 0 atom stereocenters. The third-order valence-electron chi connectivity index (χ3n) is 2.24. The zero-order chi connectivity index (χ0) is 11.2. The van der Waals surface area contributed by atoms with Crippen LogP contribution in [0.4, 0.5) is 0 Å². The predicted octanol–water partition coefficient (Wildman–Crippen LogP) is 2.02. The van der Waals surface area contributed by atoms with E-state index in [1.165, 1.54) is 10.6 Å². The average molecular weight is 215 g/mol. The van der Waals surface area contributed by atoms with Gasteiger partial charge in [0.25, 0.3) is 5.56 Å². The SMILES string of the molecule is O=c1ccccn1COCc1ccccc1. The van der Waals surface area contributed by atoms with Crippen LogP contribution < -0.4 is 5.56 Å². The third kappa shape index (κ3) is 2.81. The van der Waals surface area contributed by atoms with E-state index in [0.717, 1.165) is 5.56 Å². The first-order valence-electron chi connectivity index (χ1n) is 5.13. The van der Waals surface area contributed by atoms with Crippen molar-refractivity contribution in [2.75, 3.05) is 0 Å². The van der Waals surface area contributed by atoms with E-state index in [1.807, 2.05) is 36.4 Å². The summed E-state index contributed by atoms with van der Waals surface area (Å²) in [5.74, 6) is 0. The number of benzene rings is 1. The van der Waals surface area contributed by atoms with E-state index in [4.69, 9.17) is 4.74 Å². The van der Waals surface area contributed by atoms with Gasteiger partial charge in [0, 0.05) is 12.3 Å². The van der Waals surface area contributed by atoms with E-state index in [0.29, 0.717) is 6.61 Å². The van der Waals surface area contributed by atoms with Crippen LogP contribution in [0.1, 0.15) is 5.56 Å². The Hall–Kier alpha value is -1.87. The first-order valence-corrected chi connectivity index (χ1v) is 5.13. The van der Waals surface area contributed by atoms with Crippen LogP contribution in [0, 0.1) is 0 Å². The van der Waals surface area contributed by atoms with Crippen LogP contribution in [0.2, 0.25) is 0 Å². The first kappa shape index (κ1) is 10.6. The Balaban J connectivity index is 1.90. The maximum absolute atomic E-state index is 11.3. The molecule has 3 heteroatoms. The molecule has 16 heavy (non-hydrogen) atoms. The lowest BCUT2D eigenvalue weighted by atomic mass is 10.2. The highest BCUT2D eigenvalue weighted by atomic mass is 16.5. The van der Waals surface area contributed by atoms with Crippen molar-refractivity contribution >= 4 is 0 Å². The first-order chi connectivity index (χ1) is 7.86. The Bertz CT molecular complexity index is 491. The summed E-state index contributed by atoms with van der Waals surface area (Å²) in [6.45, 7) is 0.802. The van der Waals surface area contributed by atoms with Crippen LogP contribution >= 0.6 is 0 Å². The number of aromatic nitrogens is 1. The Labute approximate surface area is 93.9 Å². The number of ether oxygens (including phenoxy) is 1. The van der Waals surface area contributed by atoms with Gasteiger partial charge in [-0.25, -0.2) is 0 Å². The Morgan fingerprint density at radius 3 is 2.50 bits per heavy atom. The molecule has 0 aliphatic rings. The van der Waals surface area contributed by atoms with E-state index in [1.54, 1.807) is 12.3 Å². The van der Waals surface area contributed by atoms with Crippen LogP contribution in [0.3, 0.4) is 0 Å². The van der Waals surface area contributed by atoms with E-state index < -0.39 is 0 Å². The molecule has 0 spiro atoms. The predicted molar refractivity (Wildman–Crippen MR) is 61.9 cm³/mol. The van der Waals surface area contributed by atoms with Gasteiger partial charge in [-0.05, 0) is 11.6 Å². The monoisotopic (exact) mass is 215 g/mol. The van der Waals surface area contributed by atoms with Gasteiger partial charge in [0.15, 0.2) is 0 Å². The fourth-order valence-electron chi connectivity index (χ4n) is 1.40. The van der Waals surface area contributed by atoms with Crippen LogP contribution in [-0.2, 0) is 18.1 Å². The summed E-state index contributed by atoms with van der Waals surface area (Å²) in [7, 11) is 0. The van der Waals surface area contributed by atoms with Crippen LogP contribution in [0.25, 0.3) is 0 Å². The van der Waals surface area contributed by atoms with Crippen molar-refractivity contribution in [2.24, 2.45) is 0 Å². The normalized spacial score (nSPS) is 10.2. The summed E-state index contributed by atoms with van der Waals surface area (Å²) in [6, 6.07) is 14.9. The number of nitrogens with zero attached hydrogens (tertiary/aromatic N) is 1. The van der Waals surface area contributed by atoms with Crippen molar-refractivity contribution in [2.45, 2.75) is 13.3 Å². The maximum Gasteiger partial charge on any atom is 0.252 e. The molecule has 2 rings (SSSR count). The molecule has 2 aromatic rings. The number of rotatable bonds is 4. The fraction of sp³-hybridized carbons (Fsp3) is 0.154. The molecular weight excluding hydrogens is 202 g/mol. The summed E-state index contributed by atoms with van der Waals surface area (Å²) in [4.78, 5) is 11.3. The molecule has 0 aliphatic carbocycles. The number of hydrogen-bond acceptors (Lipinski definition) is 2. The Kier molecular flexibility index (Phi) is 3.51. The molecule has 0 amide bonds. The molecule has 0 bridgehead atoms. The van der Waals surface area contributed by atoms with Crippen LogP contribution in [-0.4, -0.2) is 4.57 Å². The molecule has 1 aromatic carbocycles. The number of hydrogen-bond donors (Lipinski definition) is 0. The van der Waals surface area contributed by atoms with Crippen molar-refractivity contribution in [1.82, 2.24) is 4.57 Å². The van der Waals surface area contributed by atoms with Crippen molar-refractivity contribution in [3.8, 4) is 0 Å². The standard InChI is InChI=1S/C13H13NO2/c15-13-8-4-5-9-14(13)11-16-10-12-6-2-1-3-7-12/h1-9H,10-11H2. The van der Waals surface area contributed by atoms with E-state index in [2.05, 4.69) is 0 Å². The molecule has 0 radical (unpaired) electrons. The lowest BCUT2D eigenvalue weighted by Crippen LogP contribution is -2.19. The van der Waals surface area contributed by atoms with E-state index >= 15 is 0 Å². The van der Waals surface area contributed by atoms with Gasteiger partial charge in [-0.1, -0.05) is 36.4 Å². The molecule has 0 saturated carbocycles. The summed E-state index contributed by atoms with van der Waals surface area (Å²) in [6.07, 6.45) is 1.72. The number of pyridine rings is 1. The Morgan fingerprint density at radius 2 is 1.75 bits per heavy atom. The molecule has 0 N–H and O–H groups in total. The largest absolute Gasteiger partial charge is 0.356 e. The van der Waals surface area contributed by atoms with Gasteiger partial charge in [-0.15, -0.1) is 0 Å².